The van der Waals surface area contributed by atoms with Crippen LogP contribution in [0, 0.1) is 5.82 Å². The van der Waals surface area contributed by atoms with E-state index in [4.69, 9.17) is 9.84 Å². The van der Waals surface area contributed by atoms with Gasteiger partial charge in [0.25, 0.3) is 0 Å². The molecule has 1 aromatic carbocycles. The molecule has 4 heteroatoms. The molecule has 0 saturated carbocycles. The SMILES string of the molecule is COc1cncc(-c2ccc(O)cc2F)c1. The smallest absolute Gasteiger partial charge is 0.137 e. The lowest BCUT2D eigenvalue weighted by Crippen LogP contribution is -1.88. The number of phenolic OH excluding ortho intramolecular Hbond substituents is 1. The van der Waals surface area contributed by atoms with E-state index < -0.39 is 5.82 Å². The Kier molecular flexibility index (Phi) is 2.72. The van der Waals surface area contributed by atoms with Crippen molar-refractivity contribution in [2.75, 3.05) is 7.11 Å². The van der Waals surface area contributed by atoms with Crippen LogP contribution >= 0.6 is 0 Å². The molecule has 0 spiro atoms. The molecule has 0 atom stereocenters. The summed E-state index contributed by atoms with van der Waals surface area (Å²) in [5.41, 5.74) is 0.987. The number of aromatic nitrogens is 1. The van der Waals surface area contributed by atoms with Crippen molar-refractivity contribution in [2.24, 2.45) is 0 Å². The lowest BCUT2D eigenvalue weighted by atomic mass is 10.1. The molecule has 1 N–H and O–H groups in total. The molecule has 0 aliphatic heterocycles. The van der Waals surface area contributed by atoms with Crippen molar-refractivity contribution in [3.05, 3.63) is 42.5 Å². The Morgan fingerprint density at radius 2 is 2.06 bits per heavy atom. The standard InChI is InChI=1S/C12H10FNO2/c1-16-10-4-8(6-14-7-10)11-3-2-9(15)5-12(11)13/h2-7,15H,1H3. The van der Waals surface area contributed by atoms with Crippen molar-refractivity contribution < 1.29 is 14.2 Å². The number of phenols is 1. The molecule has 0 bridgehead atoms. The van der Waals surface area contributed by atoms with Gasteiger partial charge < -0.3 is 9.84 Å². The average molecular weight is 219 g/mol. The summed E-state index contributed by atoms with van der Waals surface area (Å²) in [5, 5.41) is 9.10. The molecule has 0 amide bonds. The second-order valence-electron chi connectivity index (χ2n) is 3.28. The molecule has 16 heavy (non-hydrogen) atoms. The molecule has 0 aliphatic rings. The van der Waals surface area contributed by atoms with Gasteiger partial charge in [0, 0.05) is 23.4 Å². The highest BCUT2D eigenvalue weighted by atomic mass is 19.1. The van der Waals surface area contributed by atoms with Crippen molar-refractivity contribution in [3.63, 3.8) is 0 Å². The third-order valence-corrected chi connectivity index (χ3v) is 2.21. The molecule has 0 unspecified atom stereocenters. The highest BCUT2D eigenvalue weighted by molar-refractivity contribution is 5.65. The fraction of sp³-hybridized carbons (Fsp3) is 0.0833. The summed E-state index contributed by atoms with van der Waals surface area (Å²) in [5.74, 6) is -0.0304. The number of hydrogen-bond donors (Lipinski definition) is 1. The largest absolute Gasteiger partial charge is 0.508 e. The summed E-state index contributed by atoms with van der Waals surface area (Å²) in [6, 6.07) is 5.68. The summed E-state index contributed by atoms with van der Waals surface area (Å²) in [7, 11) is 1.52. The van der Waals surface area contributed by atoms with Gasteiger partial charge in [-0.1, -0.05) is 0 Å². The number of benzene rings is 1. The summed E-state index contributed by atoms with van der Waals surface area (Å²) in [4.78, 5) is 3.94. The number of pyridine rings is 1. The van der Waals surface area contributed by atoms with Crippen LogP contribution in [0.15, 0.2) is 36.7 Å². The maximum Gasteiger partial charge on any atom is 0.137 e. The summed E-state index contributed by atoms with van der Waals surface area (Å²) in [6.45, 7) is 0. The summed E-state index contributed by atoms with van der Waals surface area (Å²) in [6.07, 6.45) is 3.08. The Hall–Kier alpha value is -2.10. The van der Waals surface area contributed by atoms with E-state index in [0.29, 0.717) is 16.9 Å². The van der Waals surface area contributed by atoms with Gasteiger partial charge >= 0.3 is 0 Å². The highest BCUT2D eigenvalue weighted by Gasteiger charge is 2.07. The first-order valence-electron chi connectivity index (χ1n) is 4.68. The fourth-order valence-electron chi connectivity index (χ4n) is 1.42. The zero-order valence-corrected chi connectivity index (χ0v) is 8.64. The van der Waals surface area contributed by atoms with Crippen LogP contribution in [0.25, 0.3) is 11.1 Å². The molecule has 2 aromatic rings. The maximum absolute atomic E-state index is 13.5. The van der Waals surface area contributed by atoms with Gasteiger partial charge in [0.15, 0.2) is 0 Å². The third kappa shape index (κ3) is 1.95. The minimum absolute atomic E-state index is 0.0999. The second kappa shape index (κ2) is 4.18. The molecule has 0 saturated heterocycles. The van der Waals surface area contributed by atoms with Gasteiger partial charge in [-0.2, -0.15) is 0 Å². The van der Waals surface area contributed by atoms with Gasteiger partial charge in [0.1, 0.15) is 17.3 Å². The van der Waals surface area contributed by atoms with E-state index in [1.807, 2.05) is 0 Å². The number of methoxy groups -OCH3 is 1. The summed E-state index contributed by atoms with van der Waals surface area (Å²) < 4.78 is 18.5. The Morgan fingerprint density at radius 3 is 2.75 bits per heavy atom. The quantitative estimate of drug-likeness (QED) is 0.844. The van der Waals surface area contributed by atoms with Crippen LogP contribution < -0.4 is 4.74 Å². The van der Waals surface area contributed by atoms with E-state index >= 15 is 0 Å². The Labute approximate surface area is 92.1 Å². The molecule has 82 valence electrons. The number of aromatic hydroxyl groups is 1. The van der Waals surface area contributed by atoms with Gasteiger partial charge in [0.2, 0.25) is 0 Å². The normalized spacial score (nSPS) is 10.1. The van der Waals surface area contributed by atoms with Crippen molar-refractivity contribution in [1.82, 2.24) is 4.98 Å². The Morgan fingerprint density at radius 1 is 1.25 bits per heavy atom. The minimum atomic E-state index is -0.491. The van der Waals surface area contributed by atoms with Gasteiger partial charge in [0.05, 0.1) is 13.3 Å². The van der Waals surface area contributed by atoms with E-state index in [1.165, 1.54) is 25.4 Å². The van der Waals surface area contributed by atoms with Crippen LogP contribution in [-0.2, 0) is 0 Å². The van der Waals surface area contributed by atoms with Crippen molar-refractivity contribution in [1.29, 1.82) is 0 Å². The number of nitrogens with zero attached hydrogens (tertiary/aromatic N) is 1. The third-order valence-electron chi connectivity index (χ3n) is 2.21. The number of hydrogen-bond acceptors (Lipinski definition) is 3. The lowest BCUT2D eigenvalue weighted by Gasteiger charge is -2.05. The van der Waals surface area contributed by atoms with Crippen LogP contribution in [0.1, 0.15) is 0 Å². The first-order chi connectivity index (χ1) is 7.70. The van der Waals surface area contributed by atoms with E-state index in [-0.39, 0.29) is 5.75 Å². The van der Waals surface area contributed by atoms with Gasteiger partial charge in [-0.25, -0.2) is 4.39 Å². The zero-order chi connectivity index (χ0) is 11.5. The maximum atomic E-state index is 13.5. The van der Waals surface area contributed by atoms with Crippen molar-refractivity contribution in [2.45, 2.75) is 0 Å². The second-order valence-corrected chi connectivity index (χ2v) is 3.28. The zero-order valence-electron chi connectivity index (χ0n) is 8.64. The number of halogens is 1. The van der Waals surface area contributed by atoms with Crippen molar-refractivity contribution in [3.8, 4) is 22.6 Å². The first-order valence-corrected chi connectivity index (χ1v) is 4.68. The van der Waals surface area contributed by atoms with Gasteiger partial charge in [-0.05, 0) is 18.2 Å². The van der Waals surface area contributed by atoms with Gasteiger partial charge in [-0.3, -0.25) is 4.98 Å². The van der Waals surface area contributed by atoms with Crippen LogP contribution in [0.4, 0.5) is 4.39 Å². The average Bonchev–Trinajstić information content (AvgIpc) is 2.29. The summed E-state index contributed by atoms with van der Waals surface area (Å²) >= 11 is 0. The van der Waals surface area contributed by atoms with Crippen LogP contribution in [-0.4, -0.2) is 17.2 Å². The van der Waals surface area contributed by atoms with E-state index in [9.17, 15) is 4.39 Å². The molecule has 1 aromatic heterocycles. The predicted octanol–water partition coefficient (Wildman–Crippen LogP) is 2.60. The molecular weight excluding hydrogens is 209 g/mol. The van der Waals surface area contributed by atoms with Gasteiger partial charge in [-0.15, -0.1) is 0 Å². The molecule has 3 nitrogen and oxygen atoms in total. The number of rotatable bonds is 2. The van der Waals surface area contributed by atoms with Crippen LogP contribution in [0.2, 0.25) is 0 Å². The highest BCUT2D eigenvalue weighted by Crippen LogP contribution is 2.27. The molecule has 2 rings (SSSR count). The molecule has 0 fully saturated rings. The molecule has 0 aliphatic carbocycles. The first kappa shape index (κ1) is 10.4. The monoisotopic (exact) mass is 219 g/mol. The predicted molar refractivity (Wildman–Crippen MR) is 57.8 cm³/mol. The molecule has 0 radical (unpaired) electrons. The molecule has 1 heterocycles. The fourth-order valence-corrected chi connectivity index (χ4v) is 1.42. The van der Waals surface area contributed by atoms with E-state index in [0.717, 1.165) is 6.07 Å². The molecular formula is C12H10FNO2. The lowest BCUT2D eigenvalue weighted by molar-refractivity contribution is 0.413. The topological polar surface area (TPSA) is 42.4 Å². The van der Waals surface area contributed by atoms with Crippen LogP contribution in [0.5, 0.6) is 11.5 Å². The van der Waals surface area contributed by atoms with E-state index in [2.05, 4.69) is 4.98 Å². The van der Waals surface area contributed by atoms with Crippen molar-refractivity contribution >= 4 is 0 Å². The minimum Gasteiger partial charge on any atom is -0.508 e. The Balaban J connectivity index is 2.49. The van der Waals surface area contributed by atoms with Crippen LogP contribution in [0.3, 0.4) is 0 Å². The Bertz CT molecular complexity index is 514. The van der Waals surface area contributed by atoms with E-state index in [1.54, 1.807) is 12.3 Å². The number of ether oxygens (including phenoxy) is 1.